The number of hydrogen-bond acceptors (Lipinski definition) is 2. The largest absolute Gasteiger partial charge is 0.339 e. The fourth-order valence-electron chi connectivity index (χ4n) is 2.88. The average molecular weight is 282 g/mol. The van der Waals surface area contributed by atoms with E-state index in [9.17, 15) is 4.79 Å². The fraction of sp³-hybridized carbons (Fsp3) is 0.444. The molecule has 0 N–H and O–H groups in total. The Hall–Kier alpha value is -2.08. The van der Waals surface area contributed by atoms with Crippen LogP contribution in [0.3, 0.4) is 0 Å². The Bertz CT molecular complexity index is 569. The normalized spacial score (nSPS) is 18.4. The first kappa shape index (κ1) is 15.3. The van der Waals surface area contributed by atoms with Crippen molar-refractivity contribution in [1.29, 1.82) is 5.26 Å². The third-order valence-electron chi connectivity index (χ3n) is 3.84. The van der Waals surface area contributed by atoms with Gasteiger partial charge in [0.15, 0.2) is 0 Å². The second-order valence-corrected chi connectivity index (χ2v) is 6.14. The molecular weight excluding hydrogens is 260 g/mol. The van der Waals surface area contributed by atoms with E-state index in [1.165, 1.54) is 6.42 Å². The Balaban J connectivity index is 1.92. The number of amides is 1. The maximum atomic E-state index is 12.2. The van der Waals surface area contributed by atoms with E-state index in [-0.39, 0.29) is 5.91 Å². The molecule has 0 spiro atoms. The van der Waals surface area contributed by atoms with Gasteiger partial charge in [-0.3, -0.25) is 4.79 Å². The molecule has 1 aliphatic heterocycles. The lowest BCUT2D eigenvalue weighted by atomic mass is 9.97. The first-order chi connectivity index (χ1) is 10.1. The molecule has 1 atom stereocenters. The van der Waals surface area contributed by atoms with E-state index < -0.39 is 0 Å². The van der Waals surface area contributed by atoms with Crippen LogP contribution in [0.1, 0.15) is 37.8 Å². The summed E-state index contributed by atoms with van der Waals surface area (Å²) >= 11 is 0. The number of nitrogens with zero attached hydrogens (tertiary/aromatic N) is 2. The van der Waals surface area contributed by atoms with Gasteiger partial charge in [0, 0.05) is 19.2 Å². The van der Waals surface area contributed by atoms with E-state index in [0.717, 1.165) is 25.1 Å². The van der Waals surface area contributed by atoms with E-state index in [2.05, 4.69) is 19.9 Å². The second-order valence-electron chi connectivity index (χ2n) is 6.14. The summed E-state index contributed by atoms with van der Waals surface area (Å²) in [4.78, 5) is 14.1. The molecule has 0 saturated carbocycles. The molecule has 0 aliphatic carbocycles. The molecule has 2 rings (SSSR count). The molecule has 1 saturated heterocycles. The second kappa shape index (κ2) is 7.08. The van der Waals surface area contributed by atoms with Gasteiger partial charge in [0.05, 0.1) is 11.6 Å². The number of rotatable bonds is 4. The van der Waals surface area contributed by atoms with Crippen LogP contribution in [-0.4, -0.2) is 23.9 Å². The van der Waals surface area contributed by atoms with Crippen molar-refractivity contribution in [1.82, 2.24) is 4.90 Å². The third kappa shape index (κ3) is 4.46. The molecule has 1 aromatic carbocycles. The first-order valence-corrected chi connectivity index (χ1v) is 7.55. The molecule has 0 aromatic heterocycles. The fourth-order valence-corrected chi connectivity index (χ4v) is 2.88. The maximum absolute atomic E-state index is 12.2. The van der Waals surface area contributed by atoms with Crippen LogP contribution in [-0.2, 0) is 4.79 Å². The van der Waals surface area contributed by atoms with Crippen LogP contribution in [0.15, 0.2) is 30.3 Å². The van der Waals surface area contributed by atoms with Crippen LogP contribution in [0.2, 0.25) is 0 Å². The molecule has 1 heterocycles. The molecule has 1 aromatic rings. The molecule has 1 fully saturated rings. The molecule has 3 heteroatoms. The summed E-state index contributed by atoms with van der Waals surface area (Å²) in [7, 11) is 0. The summed E-state index contributed by atoms with van der Waals surface area (Å²) in [6, 6.07) is 9.38. The highest BCUT2D eigenvalue weighted by Crippen LogP contribution is 2.23. The summed E-state index contributed by atoms with van der Waals surface area (Å²) in [6.07, 6.45) is 5.71. The van der Waals surface area contributed by atoms with Gasteiger partial charge in [-0.25, -0.2) is 0 Å². The molecule has 0 radical (unpaired) electrons. The van der Waals surface area contributed by atoms with Crippen LogP contribution in [0.25, 0.3) is 6.08 Å². The lowest BCUT2D eigenvalue weighted by molar-refractivity contribution is -0.125. The summed E-state index contributed by atoms with van der Waals surface area (Å²) in [5.41, 5.74) is 1.50. The first-order valence-electron chi connectivity index (χ1n) is 7.55. The highest BCUT2D eigenvalue weighted by atomic mass is 16.2. The zero-order chi connectivity index (χ0) is 15.2. The smallest absolute Gasteiger partial charge is 0.246 e. The van der Waals surface area contributed by atoms with Crippen molar-refractivity contribution >= 4 is 12.0 Å². The van der Waals surface area contributed by atoms with Crippen LogP contribution in [0, 0.1) is 23.2 Å². The van der Waals surface area contributed by atoms with E-state index in [1.807, 2.05) is 17.0 Å². The SMILES string of the molecule is CC(C)CC1CCN(C(=O)/C=C/c2cccc(C#N)c2)C1. The van der Waals surface area contributed by atoms with Crippen molar-refractivity contribution in [2.45, 2.75) is 26.7 Å². The summed E-state index contributed by atoms with van der Waals surface area (Å²) in [5, 5.41) is 8.86. The Labute approximate surface area is 126 Å². The number of carbonyl (C=O) groups excluding carboxylic acids is 1. The maximum Gasteiger partial charge on any atom is 0.246 e. The quantitative estimate of drug-likeness (QED) is 0.794. The van der Waals surface area contributed by atoms with Gasteiger partial charge in [-0.1, -0.05) is 26.0 Å². The number of likely N-dealkylation sites (tertiary alicyclic amines) is 1. The number of hydrogen-bond donors (Lipinski definition) is 0. The standard InChI is InChI=1S/C18H22N2O/c1-14(2)10-17-8-9-20(13-17)18(21)7-6-15-4-3-5-16(11-15)12-19/h3-7,11,14,17H,8-10,13H2,1-2H3/b7-6+. The zero-order valence-corrected chi connectivity index (χ0v) is 12.7. The van der Waals surface area contributed by atoms with Crippen LogP contribution >= 0.6 is 0 Å². The number of nitriles is 1. The Morgan fingerprint density at radius 1 is 1.52 bits per heavy atom. The van der Waals surface area contributed by atoms with E-state index >= 15 is 0 Å². The topological polar surface area (TPSA) is 44.1 Å². The molecule has 1 aliphatic rings. The molecule has 0 bridgehead atoms. The molecule has 3 nitrogen and oxygen atoms in total. The van der Waals surface area contributed by atoms with E-state index in [1.54, 1.807) is 24.3 Å². The Morgan fingerprint density at radius 2 is 2.33 bits per heavy atom. The lowest BCUT2D eigenvalue weighted by Gasteiger charge is -2.15. The number of carbonyl (C=O) groups is 1. The van der Waals surface area contributed by atoms with Crippen molar-refractivity contribution in [2.24, 2.45) is 11.8 Å². The predicted octanol–water partition coefficient (Wildman–Crippen LogP) is 3.47. The van der Waals surface area contributed by atoms with Gasteiger partial charge in [-0.05, 0) is 48.4 Å². The molecule has 110 valence electrons. The minimum atomic E-state index is 0.0728. The van der Waals surface area contributed by atoms with Crippen LogP contribution in [0.5, 0.6) is 0 Å². The van der Waals surface area contributed by atoms with Crippen LogP contribution in [0.4, 0.5) is 0 Å². The van der Waals surface area contributed by atoms with Gasteiger partial charge in [0.2, 0.25) is 5.91 Å². The summed E-state index contributed by atoms with van der Waals surface area (Å²) in [6.45, 7) is 6.19. The van der Waals surface area contributed by atoms with Crippen molar-refractivity contribution in [3.05, 3.63) is 41.5 Å². The van der Waals surface area contributed by atoms with Crippen molar-refractivity contribution < 1.29 is 4.79 Å². The monoisotopic (exact) mass is 282 g/mol. The molecule has 21 heavy (non-hydrogen) atoms. The molecule has 1 amide bonds. The van der Waals surface area contributed by atoms with E-state index in [4.69, 9.17) is 5.26 Å². The predicted molar refractivity (Wildman–Crippen MR) is 84.3 cm³/mol. The van der Waals surface area contributed by atoms with Gasteiger partial charge in [0.1, 0.15) is 0 Å². The minimum absolute atomic E-state index is 0.0728. The van der Waals surface area contributed by atoms with Crippen molar-refractivity contribution in [3.8, 4) is 6.07 Å². The Morgan fingerprint density at radius 3 is 3.05 bits per heavy atom. The Kier molecular flexibility index (Phi) is 5.16. The highest BCUT2D eigenvalue weighted by molar-refractivity contribution is 5.92. The van der Waals surface area contributed by atoms with Gasteiger partial charge >= 0.3 is 0 Å². The average Bonchev–Trinajstić information content (AvgIpc) is 2.92. The summed E-state index contributed by atoms with van der Waals surface area (Å²) in [5.74, 6) is 1.40. The zero-order valence-electron chi connectivity index (χ0n) is 12.7. The van der Waals surface area contributed by atoms with Crippen molar-refractivity contribution in [3.63, 3.8) is 0 Å². The van der Waals surface area contributed by atoms with Crippen LogP contribution < -0.4 is 0 Å². The molecular formula is C18H22N2O. The van der Waals surface area contributed by atoms with Gasteiger partial charge in [-0.15, -0.1) is 0 Å². The minimum Gasteiger partial charge on any atom is -0.339 e. The lowest BCUT2D eigenvalue weighted by Crippen LogP contribution is -2.26. The van der Waals surface area contributed by atoms with Crippen molar-refractivity contribution in [2.75, 3.05) is 13.1 Å². The van der Waals surface area contributed by atoms with Gasteiger partial charge < -0.3 is 4.90 Å². The van der Waals surface area contributed by atoms with E-state index in [0.29, 0.717) is 17.4 Å². The summed E-state index contributed by atoms with van der Waals surface area (Å²) < 4.78 is 0. The third-order valence-corrected chi connectivity index (χ3v) is 3.84. The number of benzene rings is 1. The highest BCUT2D eigenvalue weighted by Gasteiger charge is 2.25. The van der Waals surface area contributed by atoms with Gasteiger partial charge in [-0.2, -0.15) is 5.26 Å². The van der Waals surface area contributed by atoms with Gasteiger partial charge in [0.25, 0.3) is 0 Å². The molecule has 1 unspecified atom stereocenters.